The fraction of sp³-hybridized carbons (Fsp3) is 0.500. The predicted octanol–water partition coefficient (Wildman–Crippen LogP) is 2.88. The van der Waals surface area contributed by atoms with Crippen LogP contribution in [-0.4, -0.2) is 30.7 Å². The zero-order valence-electron chi connectivity index (χ0n) is 12.2. The van der Waals surface area contributed by atoms with Gasteiger partial charge in [0, 0.05) is 11.6 Å². The zero-order valence-corrected chi connectivity index (χ0v) is 12.2. The zero-order chi connectivity index (χ0) is 14.7. The molecule has 1 N–H and O–H groups in total. The Morgan fingerprint density at radius 3 is 2.90 bits per heavy atom. The molecule has 5 nitrogen and oxygen atoms in total. The van der Waals surface area contributed by atoms with Gasteiger partial charge in [-0.3, -0.25) is 0 Å². The van der Waals surface area contributed by atoms with E-state index in [1.54, 1.807) is 12.1 Å². The smallest absolute Gasteiger partial charge is 0.412 e. The molecule has 3 rings (SSSR count). The molecule has 0 aromatic heterocycles. The Morgan fingerprint density at radius 1 is 1.38 bits per heavy atom. The van der Waals surface area contributed by atoms with Crippen molar-refractivity contribution in [2.24, 2.45) is 4.99 Å². The second kappa shape index (κ2) is 6.16. The van der Waals surface area contributed by atoms with Crippen LogP contribution >= 0.6 is 0 Å². The van der Waals surface area contributed by atoms with Gasteiger partial charge in [0.25, 0.3) is 0 Å². The first kappa shape index (κ1) is 13.9. The quantitative estimate of drug-likeness (QED) is 0.930. The summed E-state index contributed by atoms with van der Waals surface area (Å²) in [5, 5.41) is 2.90. The summed E-state index contributed by atoms with van der Waals surface area (Å²) in [6, 6.07) is 7.71. The summed E-state index contributed by atoms with van der Waals surface area (Å²) in [7, 11) is 0. The van der Waals surface area contributed by atoms with E-state index in [1.807, 2.05) is 19.1 Å². The van der Waals surface area contributed by atoms with Gasteiger partial charge < -0.3 is 14.8 Å². The average Bonchev–Trinajstić information content (AvgIpc) is 3.10. The van der Waals surface area contributed by atoms with Crippen LogP contribution in [0.4, 0.5) is 4.79 Å². The molecule has 1 heterocycles. The molecule has 0 radical (unpaired) electrons. The highest BCUT2D eigenvalue weighted by molar-refractivity contribution is 5.95. The summed E-state index contributed by atoms with van der Waals surface area (Å²) in [5.74, 6) is 1.12. The summed E-state index contributed by atoms with van der Waals surface area (Å²) < 4.78 is 10.9. The number of benzene rings is 1. The van der Waals surface area contributed by atoms with Crippen molar-refractivity contribution in [1.82, 2.24) is 5.32 Å². The second-order valence-corrected chi connectivity index (χ2v) is 5.64. The summed E-state index contributed by atoms with van der Waals surface area (Å²) in [4.78, 5) is 16.3. The number of hydrogen-bond acceptors (Lipinski definition) is 4. The lowest BCUT2D eigenvalue weighted by Gasteiger charge is -2.12. The van der Waals surface area contributed by atoms with E-state index >= 15 is 0 Å². The van der Waals surface area contributed by atoms with Crippen molar-refractivity contribution in [2.75, 3.05) is 6.61 Å². The topological polar surface area (TPSA) is 59.9 Å². The lowest BCUT2D eigenvalue weighted by Crippen LogP contribution is -2.34. The van der Waals surface area contributed by atoms with E-state index in [2.05, 4.69) is 10.3 Å². The minimum atomic E-state index is -0.387. The second-order valence-electron chi connectivity index (χ2n) is 5.64. The third-order valence-corrected chi connectivity index (χ3v) is 3.77. The Kier molecular flexibility index (Phi) is 4.08. The van der Waals surface area contributed by atoms with Crippen LogP contribution in [0.25, 0.3) is 0 Å². The van der Waals surface area contributed by atoms with Crippen molar-refractivity contribution in [1.29, 1.82) is 0 Å². The summed E-state index contributed by atoms with van der Waals surface area (Å²) in [5.41, 5.74) is 0.838. The molecular formula is C16H20N2O3. The molecule has 5 heteroatoms. The van der Waals surface area contributed by atoms with Crippen LogP contribution in [0.15, 0.2) is 29.3 Å². The van der Waals surface area contributed by atoms with Crippen molar-refractivity contribution in [3.63, 3.8) is 0 Å². The number of ether oxygens (including phenoxy) is 2. The van der Waals surface area contributed by atoms with Crippen LogP contribution in [0.1, 0.15) is 38.2 Å². The van der Waals surface area contributed by atoms with Crippen molar-refractivity contribution >= 4 is 12.0 Å². The maximum Gasteiger partial charge on any atom is 0.412 e. The highest BCUT2D eigenvalue weighted by Crippen LogP contribution is 2.20. The molecule has 1 amide bonds. The number of hydrogen-bond donors (Lipinski definition) is 1. The number of amides is 1. The number of aliphatic imine (C=N–C) groups is 1. The molecule has 1 aromatic carbocycles. The highest BCUT2D eigenvalue weighted by Gasteiger charge is 2.19. The first-order valence-electron chi connectivity index (χ1n) is 7.50. The van der Waals surface area contributed by atoms with Crippen LogP contribution < -0.4 is 10.1 Å². The lowest BCUT2D eigenvalue weighted by atomic mass is 10.2. The van der Waals surface area contributed by atoms with Crippen molar-refractivity contribution in [3.05, 3.63) is 29.8 Å². The Balaban J connectivity index is 1.63. The van der Waals surface area contributed by atoms with E-state index in [1.165, 1.54) is 12.8 Å². The first-order chi connectivity index (χ1) is 10.2. The monoisotopic (exact) mass is 288 g/mol. The summed E-state index contributed by atoms with van der Waals surface area (Å²) in [6.07, 6.45) is 4.04. The van der Waals surface area contributed by atoms with Gasteiger partial charge >= 0.3 is 6.09 Å². The number of nitrogens with one attached hydrogen (secondary N) is 1. The van der Waals surface area contributed by atoms with Gasteiger partial charge in [-0.25, -0.2) is 9.79 Å². The SMILES string of the molecule is C[C@H]1COC(c2cccc(OC(=O)NC3CCCC3)c2)=N1. The van der Waals surface area contributed by atoms with Crippen LogP contribution in [0.3, 0.4) is 0 Å². The number of carbonyl (C=O) groups excluding carboxylic acids is 1. The molecule has 0 saturated heterocycles. The molecule has 2 aliphatic rings. The molecule has 0 bridgehead atoms. The molecule has 1 fully saturated rings. The molecule has 0 spiro atoms. The lowest BCUT2D eigenvalue weighted by molar-refractivity contribution is 0.196. The van der Waals surface area contributed by atoms with Crippen LogP contribution in [0, 0.1) is 0 Å². The molecule has 1 aromatic rings. The van der Waals surface area contributed by atoms with Crippen molar-refractivity contribution in [2.45, 2.75) is 44.7 Å². The number of carbonyl (C=O) groups is 1. The normalized spacial score (nSPS) is 21.8. The van der Waals surface area contributed by atoms with Gasteiger partial charge in [0.05, 0.1) is 6.04 Å². The molecule has 1 atom stereocenters. The Bertz CT molecular complexity index is 550. The fourth-order valence-electron chi connectivity index (χ4n) is 2.70. The molecule has 1 saturated carbocycles. The molecule has 0 unspecified atom stereocenters. The predicted molar refractivity (Wildman–Crippen MR) is 79.8 cm³/mol. The van der Waals surface area contributed by atoms with Gasteiger partial charge in [-0.1, -0.05) is 18.9 Å². The standard InChI is InChI=1S/C16H20N2O3/c1-11-10-20-15(17-11)12-5-4-8-14(9-12)21-16(19)18-13-6-2-3-7-13/h4-5,8-9,11,13H,2-3,6-7,10H2,1H3,(H,18,19)/t11-/m0/s1. The van der Waals surface area contributed by atoms with Crippen molar-refractivity contribution in [3.8, 4) is 5.75 Å². The van der Waals surface area contributed by atoms with E-state index < -0.39 is 0 Å². The van der Waals surface area contributed by atoms with Crippen LogP contribution in [0.2, 0.25) is 0 Å². The minimum Gasteiger partial charge on any atom is -0.475 e. The maximum absolute atomic E-state index is 11.9. The maximum atomic E-state index is 11.9. The fourth-order valence-corrected chi connectivity index (χ4v) is 2.70. The van der Waals surface area contributed by atoms with E-state index in [0.29, 0.717) is 18.3 Å². The van der Waals surface area contributed by atoms with Gasteiger partial charge in [0.1, 0.15) is 12.4 Å². The molecule has 112 valence electrons. The molecule has 1 aliphatic carbocycles. The molecular weight excluding hydrogens is 268 g/mol. The average molecular weight is 288 g/mol. The third-order valence-electron chi connectivity index (χ3n) is 3.77. The van der Waals surface area contributed by atoms with Gasteiger partial charge in [-0.15, -0.1) is 0 Å². The van der Waals surface area contributed by atoms with Gasteiger partial charge in [0.2, 0.25) is 5.90 Å². The summed E-state index contributed by atoms with van der Waals surface area (Å²) in [6.45, 7) is 2.60. The van der Waals surface area contributed by atoms with E-state index in [-0.39, 0.29) is 18.2 Å². The first-order valence-corrected chi connectivity index (χ1v) is 7.50. The van der Waals surface area contributed by atoms with E-state index in [0.717, 1.165) is 18.4 Å². The Labute approximate surface area is 124 Å². The number of rotatable bonds is 3. The van der Waals surface area contributed by atoms with Gasteiger partial charge in [-0.05, 0) is 38.0 Å². The Morgan fingerprint density at radius 2 is 2.19 bits per heavy atom. The van der Waals surface area contributed by atoms with Crippen LogP contribution in [-0.2, 0) is 4.74 Å². The third kappa shape index (κ3) is 3.54. The largest absolute Gasteiger partial charge is 0.475 e. The summed E-state index contributed by atoms with van der Waals surface area (Å²) >= 11 is 0. The minimum absolute atomic E-state index is 0.176. The molecule has 21 heavy (non-hydrogen) atoms. The number of nitrogens with zero attached hydrogens (tertiary/aromatic N) is 1. The van der Waals surface area contributed by atoms with Crippen molar-refractivity contribution < 1.29 is 14.3 Å². The van der Waals surface area contributed by atoms with E-state index in [4.69, 9.17) is 9.47 Å². The Hall–Kier alpha value is -2.04. The van der Waals surface area contributed by atoms with Gasteiger partial charge in [-0.2, -0.15) is 0 Å². The highest BCUT2D eigenvalue weighted by atomic mass is 16.6. The van der Waals surface area contributed by atoms with Gasteiger partial charge in [0.15, 0.2) is 0 Å². The van der Waals surface area contributed by atoms with Crippen LogP contribution in [0.5, 0.6) is 5.75 Å². The molecule has 1 aliphatic heterocycles. The van der Waals surface area contributed by atoms with E-state index in [9.17, 15) is 4.79 Å².